The molecule has 0 heterocycles. The molecule has 0 saturated heterocycles. The summed E-state index contributed by atoms with van der Waals surface area (Å²) in [5, 5.41) is 9.22. The first kappa shape index (κ1) is 15.5. The summed E-state index contributed by atoms with van der Waals surface area (Å²) in [6.07, 6.45) is 0. The summed E-state index contributed by atoms with van der Waals surface area (Å²) in [6.45, 7) is 14.0. The van der Waals surface area contributed by atoms with Gasteiger partial charge in [0.25, 0.3) is 0 Å². The third-order valence-corrected chi connectivity index (χ3v) is 2.03. The lowest BCUT2D eigenvalue weighted by Crippen LogP contribution is -1.85. The Kier molecular flexibility index (Phi) is 9.53. The molecule has 1 N–H and O–H groups in total. The average molecular weight is 196 g/mol. The van der Waals surface area contributed by atoms with Crippen LogP contribution in [0.2, 0.25) is 0 Å². The number of rotatable bonds is 0. The van der Waals surface area contributed by atoms with Crippen molar-refractivity contribution in [3.8, 4) is 5.75 Å². The largest absolute Gasteiger partial charge is 0.508 e. The first-order valence-electron chi connectivity index (χ1n) is 5.38. The maximum absolute atomic E-state index is 9.22. The molecule has 0 aliphatic rings. The normalized spacial score (nSPS) is 7.93. The number of phenols is 1. The Morgan fingerprint density at radius 1 is 0.786 bits per heavy atom. The molecule has 0 aliphatic carbocycles. The van der Waals surface area contributed by atoms with Crippen molar-refractivity contribution < 1.29 is 5.11 Å². The number of benzene rings is 1. The fourth-order valence-electron chi connectivity index (χ4n) is 0.942. The first-order valence-corrected chi connectivity index (χ1v) is 5.38. The van der Waals surface area contributed by atoms with Crippen LogP contribution in [0.3, 0.4) is 0 Å². The van der Waals surface area contributed by atoms with Gasteiger partial charge in [-0.05, 0) is 43.5 Å². The number of hydrogen-bond donors (Lipinski definition) is 1. The Hall–Kier alpha value is -0.980. The van der Waals surface area contributed by atoms with Gasteiger partial charge in [0.2, 0.25) is 0 Å². The Morgan fingerprint density at radius 2 is 1.21 bits per heavy atom. The zero-order valence-electron chi connectivity index (χ0n) is 10.6. The van der Waals surface area contributed by atoms with Gasteiger partial charge < -0.3 is 5.11 Å². The summed E-state index contributed by atoms with van der Waals surface area (Å²) in [5.41, 5.74) is 3.40. The van der Waals surface area contributed by atoms with E-state index in [4.69, 9.17) is 0 Å². The molecule has 0 saturated carbocycles. The highest BCUT2D eigenvalue weighted by Gasteiger charge is 1.99. The van der Waals surface area contributed by atoms with Gasteiger partial charge in [0, 0.05) is 0 Å². The van der Waals surface area contributed by atoms with E-state index in [0.29, 0.717) is 5.75 Å². The molecule has 0 radical (unpaired) electrons. The van der Waals surface area contributed by atoms with Gasteiger partial charge >= 0.3 is 0 Å². The fraction of sp³-hybridized carbons (Fsp3) is 0.538. The minimum atomic E-state index is 0.392. The highest BCUT2D eigenvalue weighted by atomic mass is 16.3. The van der Waals surface area contributed by atoms with Crippen LogP contribution in [0.1, 0.15) is 44.4 Å². The van der Waals surface area contributed by atoms with E-state index in [0.717, 1.165) is 5.56 Å². The Bertz CT molecular complexity index is 225. The topological polar surface area (TPSA) is 20.2 Å². The highest BCUT2D eigenvalue weighted by Crippen LogP contribution is 2.21. The van der Waals surface area contributed by atoms with Crippen LogP contribution in [0, 0.1) is 20.8 Å². The molecular formula is C13H24O. The second-order valence-corrected chi connectivity index (χ2v) is 2.65. The van der Waals surface area contributed by atoms with Crippen molar-refractivity contribution in [2.24, 2.45) is 0 Å². The molecule has 0 atom stereocenters. The van der Waals surface area contributed by atoms with E-state index in [-0.39, 0.29) is 0 Å². The lowest BCUT2D eigenvalue weighted by molar-refractivity contribution is 0.470. The van der Waals surface area contributed by atoms with Crippen molar-refractivity contribution in [2.45, 2.75) is 48.5 Å². The maximum Gasteiger partial charge on any atom is 0.118 e. The van der Waals surface area contributed by atoms with E-state index in [1.807, 2.05) is 54.5 Å². The first-order chi connectivity index (χ1) is 6.63. The predicted octanol–water partition coefficient (Wildman–Crippen LogP) is 4.37. The van der Waals surface area contributed by atoms with Gasteiger partial charge in [0.15, 0.2) is 0 Å². The minimum Gasteiger partial charge on any atom is -0.508 e. The minimum absolute atomic E-state index is 0.392. The maximum atomic E-state index is 9.22. The van der Waals surface area contributed by atoms with E-state index >= 15 is 0 Å². The van der Waals surface area contributed by atoms with Gasteiger partial charge in [-0.3, -0.25) is 0 Å². The molecule has 1 rings (SSSR count). The summed E-state index contributed by atoms with van der Waals surface area (Å²) >= 11 is 0. The quantitative estimate of drug-likeness (QED) is 0.653. The van der Waals surface area contributed by atoms with Gasteiger partial charge in [-0.2, -0.15) is 0 Å². The summed E-state index contributed by atoms with van der Waals surface area (Å²) < 4.78 is 0. The molecule has 0 unspecified atom stereocenters. The molecule has 0 aromatic heterocycles. The third-order valence-electron chi connectivity index (χ3n) is 2.03. The van der Waals surface area contributed by atoms with Gasteiger partial charge in [-0.15, -0.1) is 0 Å². The summed E-state index contributed by atoms with van der Waals surface area (Å²) in [5.74, 6) is 0.392. The monoisotopic (exact) mass is 196 g/mol. The Labute approximate surface area is 88.8 Å². The van der Waals surface area contributed by atoms with Crippen molar-refractivity contribution in [3.63, 3.8) is 0 Å². The standard InChI is InChI=1S/C9H12O.2C2H6/c1-6-4-5-9(10)8(3)7(6)2;2*1-2/h4-5,10H,1-3H3;2*1-2H3. The molecule has 14 heavy (non-hydrogen) atoms. The molecule has 1 nitrogen and oxygen atoms in total. The lowest BCUT2D eigenvalue weighted by Gasteiger charge is -2.04. The number of aryl methyl sites for hydroxylation is 1. The Morgan fingerprint density at radius 3 is 1.57 bits per heavy atom. The van der Waals surface area contributed by atoms with Crippen LogP contribution in [0.4, 0.5) is 0 Å². The van der Waals surface area contributed by atoms with Crippen LogP contribution in [0.15, 0.2) is 12.1 Å². The summed E-state index contributed by atoms with van der Waals surface area (Å²) in [4.78, 5) is 0. The van der Waals surface area contributed by atoms with E-state index in [9.17, 15) is 5.11 Å². The van der Waals surface area contributed by atoms with Crippen molar-refractivity contribution in [2.75, 3.05) is 0 Å². The van der Waals surface area contributed by atoms with Crippen molar-refractivity contribution in [1.29, 1.82) is 0 Å². The SMILES string of the molecule is CC.CC.Cc1ccc(O)c(C)c1C. The summed E-state index contributed by atoms with van der Waals surface area (Å²) in [6, 6.07) is 3.66. The van der Waals surface area contributed by atoms with Crippen LogP contribution in [0.5, 0.6) is 5.75 Å². The van der Waals surface area contributed by atoms with E-state index in [1.165, 1.54) is 11.1 Å². The van der Waals surface area contributed by atoms with Crippen LogP contribution >= 0.6 is 0 Å². The molecule has 0 aliphatic heterocycles. The predicted molar refractivity (Wildman–Crippen MR) is 65.0 cm³/mol. The lowest BCUT2D eigenvalue weighted by atomic mass is 10.0. The van der Waals surface area contributed by atoms with E-state index in [1.54, 1.807) is 6.07 Å². The summed E-state index contributed by atoms with van der Waals surface area (Å²) in [7, 11) is 0. The smallest absolute Gasteiger partial charge is 0.118 e. The van der Waals surface area contributed by atoms with Gasteiger partial charge in [-0.25, -0.2) is 0 Å². The van der Waals surface area contributed by atoms with Crippen LogP contribution in [0.25, 0.3) is 0 Å². The Balaban J connectivity index is 0. The van der Waals surface area contributed by atoms with E-state index < -0.39 is 0 Å². The van der Waals surface area contributed by atoms with Crippen molar-refractivity contribution in [1.82, 2.24) is 0 Å². The van der Waals surface area contributed by atoms with Gasteiger partial charge in [-0.1, -0.05) is 33.8 Å². The number of hydrogen-bond acceptors (Lipinski definition) is 1. The average Bonchev–Trinajstić information content (AvgIpc) is 2.26. The molecule has 82 valence electrons. The van der Waals surface area contributed by atoms with Gasteiger partial charge in [0.05, 0.1) is 0 Å². The fourth-order valence-corrected chi connectivity index (χ4v) is 0.942. The zero-order valence-corrected chi connectivity index (χ0v) is 10.6. The molecule has 0 bridgehead atoms. The van der Waals surface area contributed by atoms with Crippen LogP contribution < -0.4 is 0 Å². The molecule has 0 spiro atoms. The number of phenolic OH excluding ortho intramolecular Hbond substituents is 1. The third kappa shape index (κ3) is 4.31. The highest BCUT2D eigenvalue weighted by molar-refractivity contribution is 5.41. The molecule has 1 aromatic rings. The van der Waals surface area contributed by atoms with Crippen molar-refractivity contribution >= 4 is 0 Å². The number of aromatic hydroxyl groups is 1. The molecule has 1 heteroatoms. The van der Waals surface area contributed by atoms with E-state index in [2.05, 4.69) is 0 Å². The molecular weight excluding hydrogens is 172 g/mol. The molecule has 1 aromatic carbocycles. The van der Waals surface area contributed by atoms with Crippen LogP contribution in [-0.2, 0) is 0 Å². The molecule has 0 fully saturated rings. The van der Waals surface area contributed by atoms with Gasteiger partial charge in [0.1, 0.15) is 5.75 Å². The second kappa shape index (κ2) is 8.61. The molecule has 0 amide bonds. The zero-order chi connectivity index (χ0) is 11.7. The second-order valence-electron chi connectivity index (χ2n) is 2.65. The van der Waals surface area contributed by atoms with Crippen molar-refractivity contribution in [3.05, 3.63) is 28.8 Å². The van der Waals surface area contributed by atoms with Crippen LogP contribution in [-0.4, -0.2) is 5.11 Å².